The molecular weight excluding hydrogens is 457 g/mol. The zero-order valence-electron chi connectivity index (χ0n) is 15.7. The summed E-state index contributed by atoms with van der Waals surface area (Å²) in [4.78, 5) is 0. The summed E-state index contributed by atoms with van der Waals surface area (Å²) in [7, 11) is 0. The first-order chi connectivity index (χ1) is 10.9. The molecule has 24 heavy (non-hydrogen) atoms. The summed E-state index contributed by atoms with van der Waals surface area (Å²) in [6, 6.07) is 21.7. The summed E-state index contributed by atoms with van der Waals surface area (Å²) < 4.78 is 17.1. The first-order valence-electron chi connectivity index (χ1n) is 8.96. The van der Waals surface area contributed by atoms with Crippen LogP contribution in [-0.4, -0.2) is 0 Å². The molecule has 127 valence electrons. The maximum absolute atomic E-state index is 4.58. The van der Waals surface area contributed by atoms with Gasteiger partial charge in [-0.25, -0.2) is 0 Å². The van der Waals surface area contributed by atoms with E-state index in [4.69, 9.17) is 0 Å². The van der Waals surface area contributed by atoms with Crippen molar-refractivity contribution in [3.63, 3.8) is 0 Å². The summed E-state index contributed by atoms with van der Waals surface area (Å²) in [6.07, 6.45) is 7.93. The average molecular weight is 487 g/mol. The predicted octanol–water partition coefficient (Wildman–Crippen LogP) is 7.59. The van der Waals surface area contributed by atoms with Crippen LogP contribution in [0.1, 0.15) is 6.42 Å². The van der Waals surface area contributed by atoms with E-state index < -0.39 is 15.9 Å². The van der Waals surface area contributed by atoms with Crippen molar-refractivity contribution in [1.29, 1.82) is 0 Å². The van der Waals surface area contributed by atoms with Crippen LogP contribution >= 0.6 is 0 Å². The molecule has 0 heterocycles. The Labute approximate surface area is 141 Å². The van der Waals surface area contributed by atoms with Gasteiger partial charge in [-0.2, -0.15) is 0 Å². The van der Waals surface area contributed by atoms with Crippen LogP contribution in [-0.2, 0) is 15.9 Å². The quantitative estimate of drug-likeness (QED) is 0.402. The van der Waals surface area contributed by atoms with E-state index >= 15 is 0 Å². The predicted molar refractivity (Wildman–Crippen MR) is 106 cm³/mol. The van der Waals surface area contributed by atoms with Crippen LogP contribution in [0.3, 0.4) is 0 Å². The Hall–Kier alpha value is -1.41. The third-order valence-electron chi connectivity index (χ3n) is 5.78. The van der Waals surface area contributed by atoms with E-state index in [-0.39, 0.29) is 0 Å². The molecule has 0 atom stereocenters. The number of anilines is 2. The van der Waals surface area contributed by atoms with Crippen LogP contribution in [0.4, 0.5) is 11.4 Å². The minimum absolute atomic E-state index is 1.05. The van der Waals surface area contributed by atoms with Gasteiger partial charge >= 0.3 is 142 Å². The van der Waals surface area contributed by atoms with E-state index in [2.05, 4.69) is 105 Å². The number of hydrogen-bond donors (Lipinski definition) is 0. The molecule has 0 bridgehead atoms. The number of benzene rings is 2. The van der Waals surface area contributed by atoms with Gasteiger partial charge in [0.05, 0.1) is 0 Å². The van der Waals surface area contributed by atoms with Crippen LogP contribution in [0.25, 0.3) is 0 Å². The van der Waals surface area contributed by atoms with E-state index in [1.54, 1.807) is 3.33 Å². The monoisotopic (exact) mass is 488 g/mol. The maximum atomic E-state index is 2.68. The molecule has 0 unspecified atom stereocenters. The molecule has 0 aliphatic heterocycles. The second-order valence-electron chi connectivity index (χ2n) is 11.8. The molecule has 2 heteroatoms. The molecule has 0 N–H and O–H groups in total. The molecule has 1 nitrogen and oxygen atoms in total. The van der Waals surface area contributed by atoms with Gasteiger partial charge in [0.1, 0.15) is 0 Å². The standard InChI is InChI=1S/C12H10N.C5H5.5CH3.Hf/c1-3-7-11(8-4-1)13-12-9-5-2-6-10-12;1-2-4-5-3-1;;;;;;/h1-10H;1-3H,4H2;5*1H3;/q-1;;;;;;;+1. The second-order valence-corrected chi connectivity index (χ2v) is 69.5. The van der Waals surface area contributed by atoms with Gasteiger partial charge in [-0.15, -0.1) is 0 Å². The summed E-state index contributed by atoms with van der Waals surface area (Å²) in [6.45, 7) is 0. The van der Waals surface area contributed by atoms with Crippen LogP contribution in [0, 0.1) is 0 Å². The Morgan fingerprint density at radius 2 is 1.17 bits per heavy atom. The Morgan fingerprint density at radius 3 is 1.54 bits per heavy atom. The van der Waals surface area contributed by atoms with Crippen molar-refractivity contribution in [1.82, 2.24) is 0 Å². The van der Waals surface area contributed by atoms with Crippen molar-refractivity contribution >= 4 is 11.4 Å². The zero-order chi connectivity index (χ0) is 17.6. The van der Waals surface area contributed by atoms with Crippen LogP contribution in [0.2, 0.25) is 23.4 Å². The molecule has 0 spiro atoms. The van der Waals surface area contributed by atoms with E-state index in [0.717, 1.165) is 6.42 Å². The molecule has 2 aromatic carbocycles. The van der Waals surface area contributed by atoms with Crippen molar-refractivity contribution in [3.05, 3.63) is 82.2 Å². The number of para-hydroxylation sites is 2. The summed E-state index contributed by atoms with van der Waals surface area (Å²) >= 11 is -4.58. The molecule has 0 amide bonds. The Kier molecular flexibility index (Phi) is 3.20. The molecule has 3 rings (SSSR count). The number of rotatable bonds is 4. The first kappa shape index (κ1) is 17.4. The van der Waals surface area contributed by atoms with Crippen molar-refractivity contribution in [3.8, 4) is 0 Å². The van der Waals surface area contributed by atoms with Gasteiger partial charge in [0, 0.05) is 0 Å². The fraction of sp³-hybridized carbons (Fsp3) is 0.273. The Bertz CT molecular complexity index is 791. The van der Waals surface area contributed by atoms with Crippen molar-refractivity contribution in [2.45, 2.75) is 29.8 Å². The fourth-order valence-electron chi connectivity index (χ4n) is 4.32. The van der Waals surface area contributed by atoms with Gasteiger partial charge in [-0.05, 0) is 0 Å². The molecule has 0 saturated carbocycles. The number of allylic oxidation sites excluding steroid dienone is 4. The van der Waals surface area contributed by atoms with Crippen molar-refractivity contribution in [2.75, 3.05) is 2.89 Å². The van der Waals surface area contributed by atoms with Crippen LogP contribution < -0.4 is 2.89 Å². The molecule has 1 aliphatic carbocycles. The van der Waals surface area contributed by atoms with Crippen molar-refractivity contribution < 1.29 is 15.9 Å². The molecule has 1 aliphatic rings. The van der Waals surface area contributed by atoms with Crippen LogP contribution in [0.5, 0.6) is 0 Å². The molecule has 0 radical (unpaired) electrons. The normalized spacial score (nSPS) is 18.9. The van der Waals surface area contributed by atoms with Gasteiger partial charge in [-0.3, -0.25) is 0 Å². The summed E-state index contributed by atoms with van der Waals surface area (Å²) in [5.41, 5.74) is 2.55. The Balaban J connectivity index is 2.38. The number of nitrogens with zero attached hydrogens (tertiary/aromatic N) is 1. The average Bonchev–Trinajstić information content (AvgIpc) is 3.04. The molecule has 0 fully saturated rings. The van der Waals surface area contributed by atoms with Crippen LogP contribution in [0.15, 0.2) is 82.2 Å². The fourth-order valence-corrected chi connectivity index (χ4v) is 24.7. The minimum atomic E-state index is -4.58. The summed E-state index contributed by atoms with van der Waals surface area (Å²) in [5.74, 6) is 0. The third-order valence-corrected chi connectivity index (χ3v) is 30.4. The number of hydrogen-bond acceptors (Lipinski definition) is 1. The SMILES string of the molecule is [CH3][Hf]([CH3])([CH3])([CH3])([CH3])([C]1=CC=CC1)[N](c1ccccc1)c1ccccc1. The summed E-state index contributed by atoms with van der Waals surface area (Å²) in [5, 5.41) is 0. The van der Waals surface area contributed by atoms with E-state index in [0.29, 0.717) is 0 Å². The topological polar surface area (TPSA) is 3.24 Å². The van der Waals surface area contributed by atoms with Gasteiger partial charge in [-0.1, -0.05) is 0 Å². The molecule has 2 aromatic rings. The van der Waals surface area contributed by atoms with Gasteiger partial charge in [0.2, 0.25) is 0 Å². The van der Waals surface area contributed by atoms with Gasteiger partial charge in [0.15, 0.2) is 0 Å². The Morgan fingerprint density at radius 1 is 0.708 bits per heavy atom. The van der Waals surface area contributed by atoms with E-state index in [1.807, 2.05) is 0 Å². The van der Waals surface area contributed by atoms with E-state index in [1.165, 1.54) is 11.4 Å². The van der Waals surface area contributed by atoms with Crippen molar-refractivity contribution in [2.24, 2.45) is 0 Å². The van der Waals surface area contributed by atoms with E-state index in [9.17, 15) is 0 Å². The third kappa shape index (κ3) is 2.75. The molecule has 0 aromatic heterocycles. The van der Waals surface area contributed by atoms with Gasteiger partial charge in [0.25, 0.3) is 0 Å². The zero-order valence-corrected chi connectivity index (χ0v) is 19.3. The molecular formula is C22H30HfN. The second kappa shape index (κ2) is 4.40. The molecule has 0 saturated heterocycles. The van der Waals surface area contributed by atoms with Gasteiger partial charge < -0.3 is 0 Å². The first-order valence-corrected chi connectivity index (χ1v) is 30.3.